The molecule has 10 heteroatoms. The highest BCUT2D eigenvalue weighted by Crippen LogP contribution is 2.30. The molecule has 33 heavy (non-hydrogen) atoms. The van der Waals surface area contributed by atoms with Gasteiger partial charge in [-0.2, -0.15) is 0 Å². The summed E-state index contributed by atoms with van der Waals surface area (Å²) in [5, 5.41) is 8.58. The molecule has 2 saturated heterocycles. The van der Waals surface area contributed by atoms with Gasteiger partial charge in [0.1, 0.15) is 5.82 Å². The van der Waals surface area contributed by atoms with Crippen molar-refractivity contribution in [2.24, 2.45) is 5.92 Å². The first kappa shape index (κ1) is 21.8. The van der Waals surface area contributed by atoms with Crippen LogP contribution in [0.2, 0.25) is 0 Å². The number of halogens is 1. The predicted octanol–water partition coefficient (Wildman–Crippen LogP) is 2.94. The molecule has 1 atom stereocenters. The van der Waals surface area contributed by atoms with E-state index in [-0.39, 0.29) is 23.5 Å². The Kier molecular flexibility index (Phi) is 6.26. The highest BCUT2D eigenvalue weighted by molar-refractivity contribution is 7.20. The van der Waals surface area contributed by atoms with Gasteiger partial charge in [0.15, 0.2) is 0 Å². The Balaban J connectivity index is 1.16. The van der Waals surface area contributed by atoms with Crippen LogP contribution in [0.15, 0.2) is 30.5 Å². The lowest BCUT2D eigenvalue weighted by atomic mass is 9.97. The maximum Gasteiger partial charge on any atom is 0.224 e. The molecule has 4 heterocycles. The van der Waals surface area contributed by atoms with E-state index in [0.29, 0.717) is 26.1 Å². The molecule has 1 unspecified atom stereocenters. The lowest BCUT2D eigenvalue weighted by molar-refractivity contribution is -0.127. The van der Waals surface area contributed by atoms with Gasteiger partial charge in [-0.15, -0.1) is 5.10 Å². The van der Waals surface area contributed by atoms with E-state index in [0.717, 1.165) is 60.1 Å². The molecule has 2 fully saturated rings. The van der Waals surface area contributed by atoms with E-state index in [1.807, 2.05) is 11.1 Å². The van der Waals surface area contributed by atoms with Crippen molar-refractivity contribution in [3.63, 3.8) is 0 Å². The monoisotopic (exact) mass is 470 g/mol. The lowest BCUT2D eigenvalue weighted by Crippen LogP contribution is -2.43. The third kappa shape index (κ3) is 4.85. The summed E-state index contributed by atoms with van der Waals surface area (Å²) in [5.74, 6) is -0.0417. The maximum absolute atomic E-state index is 13.2. The van der Waals surface area contributed by atoms with E-state index in [4.69, 9.17) is 0 Å². The minimum atomic E-state index is -0.273. The zero-order chi connectivity index (χ0) is 22.8. The number of piperidine rings is 1. The number of fused-ring (bicyclic) bond motifs is 1. The molecule has 0 radical (unpaired) electrons. The van der Waals surface area contributed by atoms with Crippen molar-refractivity contribution in [2.45, 2.75) is 32.1 Å². The van der Waals surface area contributed by atoms with Crippen LogP contribution in [0.25, 0.3) is 16.2 Å². The number of carbonyl (C=O) groups is 2. The molecule has 0 spiro atoms. The summed E-state index contributed by atoms with van der Waals surface area (Å²) in [5.41, 5.74) is 1.60. The van der Waals surface area contributed by atoms with E-state index in [2.05, 4.69) is 20.3 Å². The van der Waals surface area contributed by atoms with Crippen LogP contribution in [0.4, 0.5) is 9.52 Å². The molecule has 1 aromatic carbocycles. The number of rotatable bonds is 7. The quantitative estimate of drug-likeness (QED) is 0.537. The van der Waals surface area contributed by atoms with E-state index in [1.165, 1.54) is 23.5 Å². The summed E-state index contributed by atoms with van der Waals surface area (Å²) in [6.45, 7) is 3.65. The summed E-state index contributed by atoms with van der Waals surface area (Å²) >= 11 is 1.50. The van der Waals surface area contributed by atoms with Crippen molar-refractivity contribution in [3.05, 3.63) is 36.3 Å². The standard InChI is InChI=1S/C23H27FN6O2S/c24-18-8-6-16(7-9-18)19-15-30-22(26-19)33-23(27-30)29-12-1-4-17(14-29)21(32)25-10-3-13-28-11-2-5-20(28)31/h6-9,15,17H,1-5,10-14H2,(H,25,32). The van der Waals surface area contributed by atoms with Crippen molar-refractivity contribution in [3.8, 4) is 11.3 Å². The SMILES string of the molecule is O=C(NCCCN1CCCC1=O)C1CCCN(c2nn3cc(-c4ccc(F)cc4)nc3s2)C1. The Bertz CT molecular complexity index is 1110. The second kappa shape index (κ2) is 9.46. The molecule has 3 aromatic rings. The number of nitrogens with zero attached hydrogens (tertiary/aromatic N) is 5. The topological polar surface area (TPSA) is 82.8 Å². The molecular formula is C23H27FN6O2S. The van der Waals surface area contributed by atoms with Crippen molar-refractivity contribution in [2.75, 3.05) is 37.6 Å². The molecule has 2 amide bonds. The Morgan fingerprint density at radius 1 is 1.21 bits per heavy atom. The first-order chi connectivity index (χ1) is 16.1. The second-order valence-corrected chi connectivity index (χ2v) is 9.59. The number of hydrogen-bond donors (Lipinski definition) is 1. The van der Waals surface area contributed by atoms with Gasteiger partial charge in [0.2, 0.25) is 21.9 Å². The predicted molar refractivity (Wildman–Crippen MR) is 125 cm³/mol. The second-order valence-electron chi connectivity index (χ2n) is 8.66. The number of anilines is 1. The number of nitrogens with one attached hydrogen (secondary N) is 1. The minimum Gasteiger partial charge on any atom is -0.356 e. The Hall–Kier alpha value is -3.01. The van der Waals surface area contributed by atoms with Crippen molar-refractivity contribution < 1.29 is 14.0 Å². The van der Waals surface area contributed by atoms with Gasteiger partial charge >= 0.3 is 0 Å². The van der Waals surface area contributed by atoms with Crippen LogP contribution in [-0.4, -0.2) is 64.0 Å². The summed E-state index contributed by atoms with van der Waals surface area (Å²) < 4.78 is 14.9. The minimum absolute atomic E-state index is 0.0711. The largest absolute Gasteiger partial charge is 0.356 e. The number of aromatic nitrogens is 3. The first-order valence-electron chi connectivity index (χ1n) is 11.5. The highest BCUT2D eigenvalue weighted by Gasteiger charge is 2.28. The van der Waals surface area contributed by atoms with Crippen molar-refractivity contribution in [1.29, 1.82) is 0 Å². The van der Waals surface area contributed by atoms with Gasteiger partial charge in [-0.25, -0.2) is 13.9 Å². The van der Waals surface area contributed by atoms with Crippen LogP contribution in [0.1, 0.15) is 32.1 Å². The highest BCUT2D eigenvalue weighted by atomic mass is 32.1. The van der Waals surface area contributed by atoms with Crippen LogP contribution < -0.4 is 10.2 Å². The fraction of sp³-hybridized carbons (Fsp3) is 0.478. The third-order valence-electron chi connectivity index (χ3n) is 6.31. The van der Waals surface area contributed by atoms with Crippen LogP contribution in [-0.2, 0) is 9.59 Å². The van der Waals surface area contributed by atoms with Gasteiger partial charge < -0.3 is 15.1 Å². The molecule has 2 aliphatic rings. The van der Waals surface area contributed by atoms with Crippen LogP contribution in [0, 0.1) is 11.7 Å². The van der Waals surface area contributed by atoms with Gasteiger partial charge in [-0.3, -0.25) is 9.59 Å². The van der Waals surface area contributed by atoms with Crippen LogP contribution in [0.5, 0.6) is 0 Å². The molecule has 0 saturated carbocycles. The van der Waals surface area contributed by atoms with Gasteiger partial charge in [-0.05, 0) is 49.9 Å². The number of carbonyl (C=O) groups excluding carboxylic acids is 2. The summed E-state index contributed by atoms with van der Waals surface area (Å²) in [7, 11) is 0. The summed E-state index contributed by atoms with van der Waals surface area (Å²) in [6.07, 6.45) is 6.03. The smallest absolute Gasteiger partial charge is 0.224 e. The lowest BCUT2D eigenvalue weighted by Gasteiger charge is -2.31. The van der Waals surface area contributed by atoms with E-state index < -0.39 is 0 Å². The molecule has 0 bridgehead atoms. The summed E-state index contributed by atoms with van der Waals surface area (Å²) in [4.78, 5) is 33.8. The maximum atomic E-state index is 13.2. The van der Waals surface area contributed by atoms with Gasteiger partial charge in [-0.1, -0.05) is 11.3 Å². The molecule has 1 N–H and O–H groups in total. The Morgan fingerprint density at radius 3 is 2.82 bits per heavy atom. The number of amides is 2. The van der Waals surface area contributed by atoms with Crippen LogP contribution in [0.3, 0.4) is 0 Å². The molecular weight excluding hydrogens is 443 g/mol. The van der Waals surface area contributed by atoms with E-state index >= 15 is 0 Å². The molecule has 0 aliphatic carbocycles. The summed E-state index contributed by atoms with van der Waals surface area (Å²) in [6, 6.07) is 6.26. The van der Waals surface area contributed by atoms with E-state index in [9.17, 15) is 14.0 Å². The zero-order valence-corrected chi connectivity index (χ0v) is 19.2. The molecule has 2 aromatic heterocycles. The zero-order valence-electron chi connectivity index (χ0n) is 18.4. The fourth-order valence-electron chi connectivity index (χ4n) is 4.51. The van der Waals surface area contributed by atoms with Crippen molar-refractivity contribution >= 4 is 33.2 Å². The van der Waals surface area contributed by atoms with Gasteiger partial charge in [0, 0.05) is 44.7 Å². The van der Waals surface area contributed by atoms with Gasteiger partial charge in [0.05, 0.1) is 17.8 Å². The average molecular weight is 471 g/mol. The number of imidazole rings is 1. The van der Waals surface area contributed by atoms with E-state index in [1.54, 1.807) is 16.6 Å². The van der Waals surface area contributed by atoms with Crippen molar-refractivity contribution in [1.82, 2.24) is 24.8 Å². The molecule has 174 valence electrons. The third-order valence-corrected chi connectivity index (χ3v) is 7.29. The normalized spacial score (nSPS) is 18.9. The molecule has 8 nitrogen and oxygen atoms in total. The molecule has 5 rings (SSSR count). The fourth-order valence-corrected chi connectivity index (χ4v) is 5.43. The Morgan fingerprint density at radius 2 is 2.06 bits per heavy atom. The first-order valence-corrected chi connectivity index (χ1v) is 12.3. The number of likely N-dealkylation sites (tertiary alicyclic amines) is 1. The van der Waals surface area contributed by atoms with Crippen LogP contribution >= 0.6 is 11.3 Å². The molecule has 2 aliphatic heterocycles. The average Bonchev–Trinajstić information content (AvgIpc) is 3.52. The number of hydrogen-bond acceptors (Lipinski definition) is 6. The number of benzene rings is 1. The van der Waals surface area contributed by atoms with Gasteiger partial charge in [0.25, 0.3) is 0 Å². The Labute approximate surface area is 195 Å².